The minimum atomic E-state index is -0.0150. The number of carbonyl (C=O) groups is 2. The van der Waals surface area contributed by atoms with Crippen LogP contribution in [0, 0.1) is 0 Å². The zero-order valence-electron chi connectivity index (χ0n) is 14.8. The maximum Gasteiger partial charge on any atom is 0.229 e. The van der Waals surface area contributed by atoms with Crippen LogP contribution in [0.25, 0.3) is 0 Å². The second-order valence-corrected chi connectivity index (χ2v) is 4.42. The Kier molecular flexibility index (Phi) is 15.8. The van der Waals surface area contributed by atoms with Gasteiger partial charge in [0.15, 0.2) is 0 Å². The van der Waals surface area contributed by atoms with E-state index in [0.29, 0.717) is 19.4 Å². The molecule has 0 radical (unpaired) electrons. The minimum Gasteiger partial charge on any atom is -0.283 e. The van der Waals surface area contributed by atoms with Gasteiger partial charge in [-0.25, -0.2) is 0 Å². The van der Waals surface area contributed by atoms with E-state index in [1.54, 1.807) is 6.08 Å². The maximum absolute atomic E-state index is 10.9. The third-order valence-corrected chi connectivity index (χ3v) is 2.74. The molecule has 1 rings (SSSR count). The van der Waals surface area contributed by atoms with Gasteiger partial charge in [-0.05, 0) is 27.2 Å². The number of nitrogens with zero attached hydrogens (tertiary/aromatic N) is 1. The number of piperidine rings is 1. The Morgan fingerprint density at radius 3 is 2.09 bits per heavy atom. The van der Waals surface area contributed by atoms with Crippen LogP contribution in [0.15, 0.2) is 48.6 Å². The van der Waals surface area contributed by atoms with E-state index in [2.05, 4.69) is 6.58 Å². The van der Waals surface area contributed by atoms with Crippen molar-refractivity contribution in [1.82, 2.24) is 4.90 Å². The molecule has 1 saturated heterocycles. The molecular weight excluding hydrogens is 274 g/mol. The van der Waals surface area contributed by atoms with E-state index in [9.17, 15) is 9.59 Å². The Morgan fingerprint density at radius 1 is 1.18 bits per heavy atom. The Balaban J connectivity index is 0. The average molecular weight is 305 g/mol. The van der Waals surface area contributed by atoms with E-state index >= 15 is 0 Å². The molecule has 0 spiro atoms. The van der Waals surface area contributed by atoms with E-state index in [1.165, 1.54) is 10.5 Å². The van der Waals surface area contributed by atoms with Crippen LogP contribution in [0.5, 0.6) is 0 Å². The fraction of sp³-hybridized carbons (Fsp3) is 0.474. The highest BCUT2D eigenvalue weighted by Gasteiger charge is 2.23. The van der Waals surface area contributed by atoms with Gasteiger partial charge in [-0.1, -0.05) is 62.5 Å². The van der Waals surface area contributed by atoms with Crippen LogP contribution < -0.4 is 0 Å². The van der Waals surface area contributed by atoms with Gasteiger partial charge in [0.1, 0.15) is 0 Å². The van der Waals surface area contributed by atoms with Crippen molar-refractivity contribution in [3.05, 3.63) is 48.6 Å². The SMILES string of the molecule is C=C\C=C(C)/C=C\C=C/C.CC.CCN1C(=O)CCCC1=O. The van der Waals surface area contributed by atoms with Gasteiger partial charge in [0, 0.05) is 19.4 Å². The standard InChI is InChI=1S/C10H14.C7H11NO2.C2H6/c1-4-6-7-9-10(3)8-5-2;1-2-8-6(9)4-3-5-7(8)10;1-2/h4-9H,2H2,1,3H3;2-5H2,1H3;1-2H3/b6-4-,9-7-,10-8-;;. The van der Waals surface area contributed by atoms with Gasteiger partial charge in [0.2, 0.25) is 11.8 Å². The molecule has 0 aromatic heterocycles. The molecule has 1 aliphatic heterocycles. The summed E-state index contributed by atoms with van der Waals surface area (Å²) >= 11 is 0. The van der Waals surface area contributed by atoms with Crippen molar-refractivity contribution in [3.63, 3.8) is 0 Å². The number of hydrogen-bond acceptors (Lipinski definition) is 2. The van der Waals surface area contributed by atoms with Crippen LogP contribution in [0.3, 0.4) is 0 Å². The molecule has 0 unspecified atom stereocenters. The molecule has 3 nitrogen and oxygen atoms in total. The summed E-state index contributed by atoms with van der Waals surface area (Å²) in [5.74, 6) is -0.0301. The minimum absolute atomic E-state index is 0.0150. The van der Waals surface area contributed by atoms with Gasteiger partial charge in [-0.15, -0.1) is 0 Å². The molecule has 1 aliphatic rings. The lowest BCUT2D eigenvalue weighted by Crippen LogP contribution is -2.39. The zero-order valence-corrected chi connectivity index (χ0v) is 14.8. The number of carbonyl (C=O) groups excluding carboxylic acids is 2. The van der Waals surface area contributed by atoms with E-state index in [4.69, 9.17) is 0 Å². The molecule has 0 aliphatic carbocycles. The molecule has 3 heteroatoms. The average Bonchev–Trinajstić information content (AvgIpc) is 2.51. The van der Waals surface area contributed by atoms with Crippen molar-refractivity contribution in [1.29, 1.82) is 0 Å². The van der Waals surface area contributed by atoms with Crippen LogP contribution in [-0.2, 0) is 9.59 Å². The molecule has 2 amide bonds. The molecule has 0 bridgehead atoms. The summed E-state index contributed by atoms with van der Waals surface area (Å²) in [6.45, 7) is 14.0. The van der Waals surface area contributed by atoms with E-state index < -0.39 is 0 Å². The largest absolute Gasteiger partial charge is 0.283 e. The molecule has 0 atom stereocenters. The van der Waals surface area contributed by atoms with Crippen molar-refractivity contribution in [2.75, 3.05) is 6.54 Å². The second-order valence-electron chi connectivity index (χ2n) is 4.42. The normalized spacial score (nSPS) is 15.3. The highest BCUT2D eigenvalue weighted by atomic mass is 16.2. The number of allylic oxidation sites excluding steroid dienone is 7. The molecule has 1 heterocycles. The zero-order chi connectivity index (χ0) is 17.4. The lowest BCUT2D eigenvalue weighted by Gasteiger charge is -2.22. The molecule has 124 valence electrons. The van der Waals surface area contributed by atoms with Crippen molar-refractivity contribution < 1.29 is 9.59 Å². The second kappa shape index (κ2) is 15.5. The third-order valence-electron chi connectivity index (χ3n) is 2.74. The van der Waals surface area contributed by atoms with Gasteiger partial charge < -0.3 is 0 Å². The Hall–Kier alpha value is -1.90. The molecule has 0 aromatic rings. The van der Waals surface area contributed by atoms with Crippen LogP contribution in [-0.4, -0.2) is 23.3 Å². The number of likely N-dealkylation sites (tertiary alicyclic amines) is 1. The number of hydrogen-bond donors (Lipinski definition) is 0. The first-order valence-electron chi connectivity index (χ1n) is 7.98. The van der Waals surface area contributed by atoms with Crippen molar-refractivity contribution in [2.45, 2.75) is 53.9 Å². The molecule has 22 heavy (non-hydrogen) atoms. The van der Waals surface area contributed by atoms with E-state index in [-0.39, 0.29) is 11.8 Å². The summed E-state index contributed by atoms with van der Waals surface area (Å²) < 4.78 is 0. The lowest BCUT2D eigenvalue weighted by atomic mass is 10.1. The smallest absolute Gasteiger partial charge is 0.229 e. The van der Waals surface area contributed by atoms with Crippen LogP contribution in [0.2, 0.25) is 0 Å². The number of rotatable bonds is 4. The highest BCUT2D eigenvalue weighted by Crippen LogP contribution is 2.10. The summed E-state index contributed by atoms with van der Waals surface area (Å²) in [7, 11) is 0. The van der Waals surface area contributed by atoms with Gasteiger partial charge in [0.05, 0.1) is 0 Å². The highest BCUT2D eigenvalue weighted by molar-refractivity contribution is 5.97. The molecular formula is C19H31NO2. The number of imide groups is 1. The Labute approximate surface area is 136 Å². The van der Waals surface area contributed by atoms with Crippen molar-refractivity contribution >= 4 is 11.8 Å². The third kappa shape index (κ3) is 10.8. The summed E-state index contributed by atoms with van der Waals surface area (Å²) in [6, 6.07) is 0. The van der Waals surface area contributed by atoms with Crippen LogP contribution in [0.1, 0.15) is 53.9 Å². The first-order chi connectivity index (χ1) is 10.6. The predicted octanol–water partition coefficient (Wildman–Crippen LogP) is 4.82. The van der Waals surface area contributed by atoms with Crippen LogP contribution in [0.4, 0.5) is 0 Å². The predicted molar refractivity (Wildman–Crippen MR) is 95.5 cm³/mol. The van der Waals surface area contributed by atoms with Crippen LogP contribution >= 0.6 is 0 Å². The van der Waals surface area contributed by atoms with Gasteiger partial charge in [-0.3, -0.25) is 14.5 Å². The lowest BCUT2D eigenvalue weighted by molar-refractivity contribution is -0.147. The van der Waals surface area contributed by atoms with Crippen molar-refractivity contribution in [3.8, 4) is 0 Å². The van der Waals surface area contributed by atoms with Gasteiger partial charge in [-0.2, -0.15) is 0 Å². The quantitative estimate of drug-likeness (QED) is 0.551. The van der Waals surface area contributed by atoms with Gasteiger partial charge >= 0.3 is 0 Å². The monoisotopic (exact) mass is 305 g/mol. The van der Waals surface area contributed by atoms with E-state index in [0.717, 1.165) is 6.42 Å². The Bertz CT molecular complexity index is 401. The van der Waals surface area contributed by atoms with Crippen molar-refractivity contribution in [2.24, 2.45) is 0 Å². The molecule has 0 saturated carbocycles. The number of amides is 2. The van der Waals surface area contributed by atoms with Gasteiger partial charge in [0.25, 0.3) is 0 Å². The Morgan fingerprint density at radius 2 is 1.73 bits per heavy atom. The first-order valence-corrected chi connectivity index (χ1v) is 7.98. The summed E-state index contributed by atoms with van der Waals surface area (Å²) in [6.07, 6.45) is 13.6. The summed E-state index contributed by atoms with van der Waals surface area (Å²) in [5, 5.41) is 0. The summed E-state index contributed by atoms with van der Waals surface area (Å²) in [4.78, 5) is 23.2. The fourth-order valence-corrected chi connectivity index (χ4v) is 1.71. The molecule has 1 fully saturated rings. The summed E-state index contributed by atoms with van der Waals surface area (Å²) in [5.41, 5.74) is 1.22. The molecule has 0 N–H and O–H groups in total. The first kappa shape index (κ1) is 22.4. The topological polar surface area (TPSA) is 37.4 Å². The molecule has 0 aromatic carbocycles. The fourth-order valence-electron chi connectivity index (χ4n) is 1.71. The van der Waals surface area contributed by atoms with E-state index in [1.807, 2.05) is 65.0 Å². The maximum atomic E-state index is 10.9.